The minimum absolute atomic E-state index is 0.114. The van der Waals surface area contributed by atoms with Gasteiger partial charge in [0.05, 0.1) is 29.1 Å². The Bertz CT molecular complexity index is 913. The van der Waals surface area contributed by atoms with Crippen LogP contribution in [0.1, 0.15) is 23.2 Å². The van der Waals surface area contributed by atoms with Gasteiger partial charge in [-0.25, -0.2) is 8.42 Å². The van der Waals surface area contributed by atoms with Crippen molar-refractivity contribution in [3.05, 3.63) is 53.1 Å². The van der Waals surface area contributed by atoms with Gasteiger partial charge in [-0.3, -0.25) is 9.10 Å². The van der Waals surface area contributed by atoms with E-state index in [4.69, 9.17) is 16.3 Å². The molecular weight excluding hydrogens is 376 g/mol. The Labute approximate surface area is 157 Å². The van der Waals surface area contributed by atoms with Gasteiger partial charge < -0.3 is 10.1 Å². The van der Waals surface area contributed by atoms with Crippen LogP contribution in [0.15, 0.2) is 42.5 Å². The number of ether oxygens (including phenoxy) is 1. The van der Waals surface area contributed by atoms with Crippen LogP contribution in [-0.4, -0.2) is 33.7 Å². The van der Waals surface area contributed by atoms with Gasteiger partial charge in [0.1, 0.15) is 5.75 Å². The fraction of sp³-hybridized carbons (Fsp3) is 0.278. The second-order valence-electron chi connectivity index (χ2n) is 5.94. The molecule has 1 fully saturated rings. The van der Waals surface area contributed by atoms with E-state index in [1.807, 2.05) is 0 Å². The third-order valence-electron chi connectivity index (χ3n) is 4.18. The molecule has 1 heterocycles. The van der Waals surface area contributed by atoms with Crippen molar-refractivity contribution in [1.82, 2.24) is 0 Å². The number of carbonyl (C=O) groups is 1. The van der Waals surface area contributed by atoms with Gasteiger partial charge in [-0.15, -0.1) is 0 Å². The highest BCUT2D eigenvalue weighted by atomic mass is 35.5. The Morgan fingerprint density at radius 2 is 1.88 bits per heavy atom. The van der Waals surface area contributed by atoms with E-state index < -0.39 is 15.9 Å². The van der Waals surface area contributed by atoms with E-state index in [9.17, 15) is 13.2 Å². The molecule has 6 nitrogen and oxygen atoms in total. The van der Waals surface area contributed by atoms with Crippen molar-refractivity contribution in [3.63, 3.8) is 0 Å². The summed E-state index contributed by atoms with van der Waals surface area (Å²) in [6.07, 6.45) is 1.44. The Morgan fingerprint density at radius 3 is 2.54 bits per heavy atom. The van der Waals surface area contributed by atoms with Crippen LogP contribution < -0.4 is 14.4 Å². The molecule has 1 amide bonds. The highest BCUT2D eigenvalue weighted by Gasteiger charge is 2.27. The average Bonchev–Trinajstić information content (AvgIpc) is 2.62. The van der Waals surface area contributed by atoms with Crippen LogP contribution in [0, 0.1) is 0 Å². The van der Waals surface area contributed by atoms with Crippen molar-refractivity contribution in [1.29, 1.82) is 0 Å². The van der Waals surface area contributed by atoms with E-state index in [2.05, 4.69) is 5.32 Å². The molecule has 1 aliphatic rings. The first-order valence-corrected chi connectivity index (χ1v) is 10.1. The maximum Gasteiger partial charge on any atom is 0.257 e. The lowest BCUT2D eigenvalue weighted by molar-refractivity contribution is 0.102. The van der Waals surface area contributed by atoms with Crippen LogP contribution in [0.25, 0.3) is 0 Å². The summed E-state index contributed by atoms with van der Waals surface area (Å²) in [6.45, 7) is 0.406. The molecule has 2 aromatic rings. The van der Waals surface area contributed by atoms with Crippen molar-refractivity contribution in [2.45, 2.75) is 12.8 Å². The monoisotopic (exact) mass is 394 g/mol. The molecule has 2 aromatic carbocycles. The van der Waals surface area contributed by atoms with E-state index in [0.717, 1.165) is 6.42 Å². The summed E-state index contributed by atoms with van der Waals surface area (Å²) >= 11 is 6.17. The zero-order valence-electron chi connectivity index (χ0n) is 14.2. The van der Waals surface area contributed by atoms with Crippen LogP contribution >= 0.6 is 11.6 Å². The summed E-state index contributed by atoms with van der Waals surface area (Å²) in [5, 5.41) is 3.01. The number of rotatable bonds is 4. The quantitative estimate of drug-likeness (QED) is 0.860. The maximum atomic E-state index is 12.6. The SMILES string of the molecule is COc1ccc(NC(=O)c2cc(N3CCCCS3(=O)=O)ccc2Cl)cc1. The van der Waals surface area contributed by atoms with E-state index >= 15 is 0 Å². The minimum Gasteiger partial charge on any atom is -0.497 e. The lowest BCUT2D eigenvalue weighted by Crippen LogP contribution is -2.38. The average molecular weight is 395 g/mol. The number of carbonyl (C=O) groups excluding carboxylic acids is 1. The number of benzene rings is 2. The first-order chi connectivity index (χ1) is 12.4. The van der Waals surface area contributed by atoms with Crippen LogP contribution in [0.4, 0.5) is 11.4 Å². The van der Waals surface area contributed by atoms with Gasteiger partial charge in [0.15, 0.2) is 0 Å². The molecule has 0 aromatic heterocycles. The van der Waals surface area contributed by atoms with Crippen molar-refractivity contribution in [2.24, 2.45) is 0 Å². The van der Waals surface area contributed by atoms with Gasteiger partial charge in [-0.05, 0) is 55.3 Å². The molecule has 0 radical (unpaired) electrons. The van der Waals surface area contributed by atoms with Gasteiger partial charge in [0.2, 0.25) is 10.0 Å². The van der Waals surface area contributed by atoms with Gasteiger partial charge >= 0.3 is 0 Å². The second kappa shape index (κ2) is 7.55. The number of amides is 1. The molecule has 0 saturated carbocycles. The van der Waals surface area contributed by atoms with E-state index in [0.29, 0.717) is 30.1 Å². The fourth-order valence-corrected chi connectivity index (χ4v) is 4.63. The third-order valence-corrected chi connectivity index (χ3v) is 6.38. The van der Waals surface area contributed by atoms with Gasteiger partial charge in [0.25, 0.3) is 5.91 Å². The number of methoxy groups -OCH3 is 1. The third kappa shape index (κ3) is 3.94. The molecule has 0 unspecified atom stereocenters. The van der Waals surface area contributed by atoms with Crippen LogP contribution in [0.2, 0.25) is 5.02 Å². The summed E-state index contributed by atoms with van der Waals surface area (Å²) in [5.74, 6) is 0.387. The second-order valence-corrected chi connectivity index (χ2v) is 8.36. The Kier molecular flexibility index (Phi) is 5.38. The molecule has 1 saturated heterocycles. The molecule has 0 aliphatic carbocycles. The summed E-state index contributed by atoms with van der Waals surface area (Å²) < 4.78 is 31.0. The molecule has 1 aliphatic heterocycles. The summed E-state index contributed by atoms with van der Waals surface area (Å²) in [4.78, 5) is 12.6. The largest absolute Gasteiger partial charge is 0.497 e. The van der Waals surface area contributed by atoms with Crippen molar-refractivity contribution in [3.8, 4) is 5.75 Å². The number of halogens is 1. The van der Waals surface area contributed by atoms with Crippen LogP contribution in [-0.2, 0) is 10.0 Å². The van der Waals surface area contributed by atoms with E-state index in [1.54, 1.807) is 43.5 Å². The predicted octanol–water partition coefficient (Wildman–Crippen LogP) is 3.53. The van der Waals surface area contributed by atoms with E-state index in [1.165, 1.54) is 10.4 Å². The zero-order chi connectivity index (χ0) is 18.7. The number of sulfonamides is 1. The molecule has 138 valence electrons. The number of nitrogens with one attached hydrogen (secondary N) is 1. The Balaban J connectivity index is 1.85. The predicted molar refractivity (Wildman–Crippen MR) is 103 cm³/mol. The highest BCUT2D eigenvalue weighted by Crippen LogP contribution is 2.28. The number of nitrogens with zero attached hydrogens (tertiary/aromatic N) is 1. The van der Waals surface area contributed by atoms with Gasteiger partial charge in [-0.2, -0.15) is 0 Å². The lowest BCUT2D eigenvalue weighted by atomic mass is 10.1. The van der Waals surface area contributed by atoms with Crippen molar-refractivity contribution < 1.29 is 17.9 Å². The number of hydrogen-bond acceptors (Lipinski definition) is 4. The summed E-state index contributed by atoms with van der Waals surface area (Å²) in [5.41, 5.74) is 1.26. The molecule has 0 atom stereocenters. The number of hydrogen-bond donors (Lipinski definition) is 1. The molecule has 0 bridgehead atoms. The highest BCUT2D eigenvalue weighted by molar-refractivity contribution is 7.92. The molecule has 0 spiro atoms. The van der Waals surface area contributed by atoms with Crippen LogP contribution in [0.5, 0.6) is 5.75 Å². The molecule has 1 N–H and O–H groups in total. The van der Waals surface area contributed by atoms with Crippen LogP contribution in [0.3, 0.4) is 0 Å². The standard InChI is InChI=1S/C18H19ClN2O4S/c1-25-15-7-4-13(5-8-15)20-18(22)16-12-14(6-9-17(16)19)21-10-2-3-11-26(21,23)24/h4-9,12H,2-3,10-11H2,1H3,(H,20,22). The van der Waals surface area contributed by atoms with E-state index in [-0.39, 0.29) is 16.3 Å². The van der Waals surface area contributed by atoms with Crippen molar-refractivity contribution in [2.75, 3.05) is 29.0 Å². The lowest BCUT2D eigenvalue weighted by Gasteiger charge is -2.28. The molecule has 8 heteroatoms. The smallest absolute Gasteiger partial charge is 0.257 e. The maximum absolute atomic E-state index is 12.6. The van der Waals surface area contributed by atoms with Gasteiger partial charge in [-0.1, -0.05) is 11.6 Å². The molecule has 3 rings (SSSR count). The molecular formula is C18H19ClN2O4S. The minimum atomic E-state index is -3.35. The first kappa shape index (κ1) is 18.5. The summed E-state index contributed by atoms with van der Waals surface area (Å²) in [7, 11) is -1.79. The first-order valence-electron chi connectivity index (χ1n) is 8.16. The normalized spacial score (nSPS) is 16.2. The topological polar surface area (TPSA) is 75.7 Å². The zero-order valence-corrected chi connectivity index (χ0v) is 15.8. The fourth-order valence-electron chi connectivity index (χ4n) is 2.79. The Hall–Kier alpha value is -2.25. The number of anilines is 2. The summed E-state index contributed by atoms with van der Waals surface area (Å²) in [6, 6.07) is 11.6. The van der Waals surface area contributed by atoms with Crippen molar-refractivity contribution >= 4 is 38.9 Å². The molecule has 26 heavy (non-hydrogen) atoms. The Morgan fingerprint density at radius 1 is 1.15 bits per heavy atom. The van der Waals surface area contributed by atoms with Gasteiger partial charge in [0, 0.05) is 12.2 Å².